The molecule has 2 heterocycles. The van der Waals surface area contributed by atoms with Crippen molar-refractivity contribution in [2.75, 3.05) is 6.61 Å². The van der Waals surface area contributed by atoms with Crippen molar-refractivity contribution in [2.24, 2.45) is 0 Å². The summed E-state index contributed by atoms with van der Waals surface area (Å²) in [4.78, 5) is 12.8. The highest BCUT2D eigenvalue weighted by Gasteiger charge is 2.11. The number of para-hydroxylation sites is 1. The van der Waals surface area contributed by atoms with Crippen molar-refractivity contribution in [1.82, 2.24) is 9.78 Å². The van der Waals surface area contributed by atoms with Crippen LogP contribution in [0, 0.1) is 0 Å². The highest BCUT2D eigenvalue weighted by molar-refractivity contribution is 7.13. The first-order valence-corrected chi connectivity index (χ1v) is 8.76. The van der Waals surface area contributed by atoms with Crippen LogP contribution in [0.25, 0.3) is 22.3 Å². The van der Waals surface area contributed by atoms with E-state index in [0.717, 1.165) is 21.8 Å². The second-order valence-corrected chi connectivity index (χ2v) is 6.63. The Balaban J connectivity index is 1.90. The van der Waals surface area contributed by atoms with Crippen molar-refractivity contribution in [3.8, 4) is 16.3 Å². The summed E-state index contributed by atoms with van der Waals surface area (Å²) in [6.45, 7) is 3.47. The molecule has 0 unspecified atom stereocenters. The largest absolute Gasteiger partial charge is 0.457 e. The van der Waals surface area contributed by atoms with E-state index in [0.29, 0.717) is 0 Å². The number of carbonyl (C=O) groups is 1. The monoisotopic (exact) mass is 370 g/mol. The van der Waals surface area contributed by atoms with Gasteiger partial charge in [0.25, 0.3) is 0 Å². The van der Waals surface area contributed by atoms with Gasteiger partial charge >= 0.3 is 5.97 Å². The van der Waals surface area contributed by atoms with E-state index >= 15 is 0 Å². The van der Waals surface area contributed by atoms with Gasteiger partial charge in [0.05, 0.1) is 10.6 Å². The summed E-state index contributed by atoms with van der Waals surface area (Å²) in [6, 6.07) is 13.8. The third-order valence-electron chi connectivity index (χ3n) is 3.29. The molecular formula is C19H15ClN2O2S. The number of esters is 1. The maximum Gasteiger partial charge on any atom is 0.331 e. The third-order valence-corrected chi connectivity index (χ3v) is 4.27. The molecule has 25 heavy (non-hydrogen) atoms. The van der Waals surface area contributed by atoms with E-state index in [1.807, 2.05) is 54.0 Å². The van der Waals surface area contributed by atoms with Gasteiger partial charge in [0.1, 0.15) is 12.3 Å². The van der Waals surface area contributed by atoms with Crippen LogP contribution in [0.15, 0.2) is 71.7 Å². The number of aromatic nitrogens is 2. The fourth-order valence-corrected chi connectivity index (χ4v) is 2.97. The van der Waals surface area contributed by atoms with Crippen LogP contribution in [0.2, 0.25) is 0 Å². The molecule has 0 radical (unpaired) electrons. The van der Waals surface area contributed by atoms with Crippen LogP contribution in [0.5, 0.6) is 0 Å². The lowest BCUT2D eigenvalue weighted by molar-refractivity contribution is -0.136. The molecule has 6 heteroatoms. The molecule has 2 aromatic heterocycles. The zero-order valence-electron chi connectivity index (χ0n) is 13.3. The van der Waals surface area contributed by atoms with Crippen molar-refractivity contribution in [1.29, 1.82) is 0 Å². The average molecular weight is 371 g/mol. The van der Waals surface area contributed by atoms with E-state index in [4.69, 9.17) is 16.3 Å². The summed E-state index contributed by atoms with van der Waals surface area (Å²) in [5, 5.41) is 6.93. The van der Waals surface area contributed by atoms with E-state index < -0.39 is 5.97 Å². The molecule has 3 aromatic rings. The predicted octanol–water partition coefficient (Wildman–Crippen LogP) is 4.91. The Labute approximate surface area is 154 Å². The van der Waals surface area contributed by atoms with E-state index in [2.05, 4.69) is 11.7 Å². The number of hydrogen-bond acceptors (Lipinski definition) is 4. The Morgan fingerprint density at radius 3 is 2.76 bits per heavy atom. The second-order valence-electron chi connectivity index (χ2n) is 5.15. The van der Waals surface area contributed by atoms with Gasteiger partial charge in [-0.05, 0) is 29.7 Å². The van der Waals surface area contributed by atoms with Gasteiger partial charge in [-0.1, -0.05) is 42.4 Å². The molecule has 1 aromatic carbocycles. The molecule has 126 valence electrons. The summed E-state index contributed by atoms with van der Waals surface area (Å²) in [7, 11) is 0. The van der Waals surface area contributed by atoms with Gasteiger partial charge in [0.15, 0.2) is 0 Å². The van der Waals surface area contributed by atoms with Crippen molar-refractivity contribution in [3.63, 3.8) is 0 Å². The molecule has 0 aliphatic heterocycles. The van der Waals surface area contributed by atoms with Gasteiger partial charge in [0, 0.05) is 22.9 Å². The lowest BCUT2D eigenvalue weighted by atomic mass is 10.2. The molecule has 0 atom stereocenters. The second kappa shape index (κ2) is 7.96. The topological polar surface area (TPSA) is 44.1 Å². The average Bonchev–Trinajstić information content (AvgIpc) is 3.28. The molecule has 4 nitrogen and oxygen atoms in total. The third kappa shape index (κ3) is 4.47. The summed E-state index contributed by atoms with van der Waals surface area (Å²) >= 11 is 7.19. The Hall–Kier alpha value is -2.63. The lowest BCUT2D eigenvalue weighted by Crippen LogP contribution is -2.01. The molecule has 0 N–H and O–H groups in total. The first-order chi connectivity index (χ1) is 12.1. The highest BCUT2D eigenvalue weighted by atomic mass is 35.5. The van der Waals surface area contributed by atoms with Crippen LogP contribution in [-0.2, 0) is 9.53 Å². The minimum atomic E-state index is -0.480. The predicted molar refractivity (Wildman–Crippen MR) is 102 cm³/mol. The van der Waals surface area contributed by atoms with Gasteiger partial charge < -0.3 is 4.74 Å². The Kier molecular flexibility index (Phi) is 5.48. The number of carbonyl (C=O) groups excluding carboxylic acids is 1. The molecule has 3 rings (SSSR count). The standard InChI is InChI=1S/C19H15ClN2O2S/c1-14(20)13-24-18(23)10-9-15-12-22(16-6-3-2-4-7-16)21-19(15)17-8-5-11-25-17/h2-12H,1,13H2/b10-9+. The van der Waals surface area contributed by atoms with Crippen LogP contribution < -0.4 is 0 Å². The van der Waals surface area contributed by atoms with Gasteiger partial charge in [-0.15, -0.1) is 11.3 Å². The maximum atomic E-state index is 11.8. The van der Waals surface area contributed by atoms with Gasteiger partial charge in [-0.2, -0.15) is 5.10 Å². The first-order valence-electron chi connectivity index (χ1n) is 7.50. The van der Waals surface area contributed by atoms with Gasteiger partial charge in [0.2, 0.25) is 0 Å². The zero-order valence-corrected chi connectivity index (χ0v) is 14.8. The zero-order chi connectivity index (χ0) is 17.6. The molecule has 0 aliphatic carbocycles. The van der Waals surface area contributed by atoms with Crippen LogP contribution >= 0.6 is 22.9 Å². The number of hydrogen-bond donors (Lipinski definition) is 0. The Morgan fingerprint density at radius 1 is 1.28 bits per heavy atom. The molecule has 0 aliphatic rings. The Bertz CT molecular complexity index is 899. The Morgan fingerprint density at radius 2 is 2.08 bits per heavy atom. The SMILES string of the molecule is C=C(Cl)COC(=O)/C=C/c1cn(-c2ccccc2)nc1-c1cccs1. The summed E-state index contributed by atoms with van der Waals surface area (Å²) < 4.78 is 6.76. The number of ether oxygens (including phenoxy) is 1. The number of benzene rings is 1. The molecule has 0 spiro atoms. The van der Waals surface area contributed by atoms with Gasteiger partial charge in [-0.25, -0.2) is 9.48 Å². The number of nitrogens with zero attached hydrogens (tertiary/aromatic N) is 2. The molecule has 0 saturated heterocycles. The number of rotatable bonds is 6. The molecule has 0 bridgehead atoms. The van der Waals surface area contributed by atoms with E-state index in [9.17, 15) is 4.79 Å². The summed E-state index contributed by atoms with van der Waals surface area (Å²) in [5.41, 5.74) is 2.58. The molecule has 0 saturated carbocycles. The normalized spacial score (nSPS) is 10.9. The maximum absolute atomic E-state index is 11.8. The number of thiophene rings is 1. The van der Waals surface area contributed by atoms with Crippen LogP contribution in [0.1, 0.15) is 5.56 Å². The van der Waals surface area contributed by atoms with Crippen molar-refractivity contribution < 1.29 is 9.53 Å². The number of halogens is 1. The summed E-state index contributed by atoms with van der Waals surface area (Å²) in [5.74, 6) is -0.480. The van der Waals surface area contributed by atoms with Gasteiger partial charge in [-0.3, -0.25) is 0 Å². The van der Waals surface area contributed by atoms with Crippen LogP contribution in [0.4, 0.5) is 0 Å². The van der Waals surface area contributed by atoms with Crippen molar-refractivity contribution in [2.45, 2.75) is 0 Å². The van der Waals surface area contributed by atoms with E-state index in [-0.39, 0.29) is 11.6 Å². The fraction of sp³-hybridized carbons (Fsp3) is 0.0526. The lowest BCUT2D eigenvalue weighted by Gasteiger charge is -1.99. The molecular weight excluding hydrogens is 356 g/mol. The fourth-order valence-electron chi connectivity index (χ4n) is 2.18. The summed E-state index contributed by atoms with van der Waals surface area (Å²) in [6.07, 6.45) is 4.94. The minimum absolute atomic E-state index is 0.00815. The quantitative estimate of drug-likeness (QED) is 0.457. The van der Waals surface area contributed by atoms with Crippen LogP contribution in [-0.4, -0.2) is 22.4 Å². The molecule has 0 fully saturated rings. The smallest absolute Gasteiger partial charge is 0.331 e. The van der Waals surface area contributed by atoms with E-state index in [1.54, 1.807) is 22.1 Å². The van der Waals surface area contributed by atoms with Crippen molar-refractivity contribution in [3.05, 3.63) is 77.3 Å². The molecule has 0 amide bonds. The highest BCUT2D eigenvalue weighted by Crippen LogP contribution is 2.28. The minimum Gasteiger partial charge on any atom is -0.457 e. The van der Waals surface area contributed by atoms with Crippen molar-refractivity contribution >= 4 is 35.0 Å². The van der Waals surface area contributed by atoms with Crippen LogP contribution in [0.3, 0.4) is 0 Å². The van der Waals surface area contributed by atoms with E-state index in [1.165, 1.54) is 6.08 Å². The first kappa shape index (κ1) is 17.2.